The van der Waals surface area contributed by atoms with Gasteiger partial charge in [0.1, 0.15) is 0 Å². The molecule has 2 nitrogen and oxygen atoms in total. The largest absolute Gasteiger partial charge is 0.342 e. The van der Waals surface area contributed by atoms with Gasteiger partial charge in [0.05, 0.1) is 0 Å². The first-order chi connectivity index (χ1) is 7.25. The molecule has 0 aromatic heterocycles. The van der Waals surface area contributed by atoms with Gasteiger partial charge in [-0.25, -0.2) is 0 Å². The number of benzene rings is 1. The Balaban J connectivity index is 2.46. The molecule has 0 aliphatic rings. The average molecular weight is 226 g/mol. The van der Waals surface area contributed by atoms with Crippen LogP contribution in [0.15, 0.2) is 30.3 Å². The van der Waals surface area contributed by atoms with E-state index in [0.717, 1.165) is 24.9 Å². The van der Waals surface area contributed by atoms with Crippen LogP contribution >= 0.6 is 11.6 Å². The van der Waals surface area contributed by atoms with Crippen molar-refractivity contribution in [3.63, 3.8) is 0 Å². The van der Waals surface area contributed by atoms with E-state index in [1.807, 2.05) is 37.4 Å². The predicted octanol–water partition coefficient (Wildman–Crippen LogP) is 2.78. The van der Waals surface area contributed by atoms with E-state index in [1.165, 1.54) is 0 Å². The monoisotopic (exact) mass is 225 g/mol. The number of unbranched alkanes of at least 4 members (excludes halogenated alkanes) is 1. The van der Waals surface area contributed by atoms with E-state index >= 15 is 0 Å². The van der Waals surface area contributed by atoms with Crippen molar-refractivity contribution in [2.24, 2.45) is 0 Å². The summed E-state index contributed by atoms with van der Waals surface area (Å²) in [5.74, 6) is 0.734. The van der Waals surface area contributed by atoms with Crippen LogP contribution in [0.5, 0.6) is 0 Å². The summed E-state index contributed by atoms with van der Waals surface area (Å²) in [5.41, 5.74) is 0.742. The molecule has 0 unspecified atom stereocenters. The zero-order chi connectivity index (χ0) is 11.1. The highest BCUT2D eigenvalue weighted by Crippen LogP contribution is 2.04. The van der Waals surface area contributed by atoms with Crippen LogP contribution in [-0.2, 0) is 0 Å². The normalized spacial score (nSPS) is 10.0. The molecule has 0 saturated carbocycles. The average Bonchev–Trinajstić information content (AvgIpc) is 2.29. The van der Waals surface area contributed by atoms with Gasteiger partial charge in [0.2, 0.25) is 0 Å². The van der Waals surface area contributed by atoms with Gasteiger partial charge in [-0.2, -0.15) is 0 Å². The van der Waals surface area contributed by atoms with Crippen molar-refractivity contribution in [3.05, 3.63) is 35.9 Å². The van der Waals surface area contributed by atoms with Crippen LogP contribution in [0.25, 0.3) is 0 Å². The van der Waals surface area contributed by atoms with Crippen LogP contribution in [-0.4, -0.2) is 30.3 Å². The second-order valence-corrected chi connectivity index (χ2v) is 3.87. The minimum Gasteiger partial charge on any atom is -0.342 e. The number of nitrogens with zero attached hydrogens (tertiary/aromatic N) is 1. The van der Waals surface area contributed by atoms with E-state index < -0.39 is 0 Å². The highest BCUT2D eigenvalue weighted by Gasteiger charge is 2.09. The predicted molar refractivity (Wildman–Crippen MR) is 63.4 cm³/mol. The minimum atomic E-state index is 0.0742. The molecule has 0 saturated heterocycles. The Kier molecular flexibility index (Phi) is 5.19. The van der Waals surface area contributed by atoms with Gasteiger partial charge in [-0.15, -0.1) is 11.6 Å². The lowest BCUT2D eigenvalue weighted by molar-refractivity contribution is 0.0793. The van der Waals surface area contributed by atoms with E-state index in [0.29, 0.717) is 5.88 Å². The lowest BCUT2D eigenvalue weighted by Crippen LogP contribution is -2.27. The van der Waals surface area contributed by atoms with Gasteiger partial charge in [0.15, 0.2) is 0 Å². The summed E-state index contributed by atoms with van der Waals surface area (Å²) in [7, 11) is 1.82. The van der Waals surface area contributed by atoms with Crippen LogP contribution in [0.1, 0.15) is 23.2 Å². The van der Waals surface area contributed by atoms with Crippen LogP contribution < -0.4 is 0 Å². The number of rotatable bonds is 5. The third kappa shape index (κ3) is 3.92. The number of hydrogen-bond acceptors (Lipinski definition) is 1. The van der Waals surface area contributed by atoms with Crippen molar-refractivity contribution < 1.29 is 4.79 Å². The van der Waals surface area contributed by atoms with Crippen molar-refractivity contribution in [2.75, 3.05) is 19.5 Å². The third-order valence-electron chi connectivity index (χ3n) is 2.24. The number of hydrogen-bond donors (Lipinski definition) is 0. The first-order valence-corrected chi connectivity index (χ1v) is 5.65. The molecule has 1 aromatic rings. The maximum atomic E-state index is 11.8. The van der Waals surface area contributed by atoms with Crippen LogP contribution in [0.4, 0.5) is 0 Å². The van der Waals surface area contributed by atoms with E-state index in [2.05, 4.69) is 0 Å². The zero-order valence-corrected chi connectivity index (χ0v) is 9.70. The molecule has 82 valence electrons. The number of amides is 1. The molecule has 15 heavy (non-hydrogen) atoms. The zero-order valence-electron chi connectivity index (χ0n) is 8.95. The van der Waals surface area contributed by atoms with E-state index in [9.17, 15) is 4.79 Å². The Hall–Kier alpha value is -1.02. The Morgan fingerprint density at radius 1 is 1.27 bits per heavy atom. The first kappa shape index (κ1) is 12.1. The highest BCUT2D eigenvalue weighted by atomic mass is 35.5. The standard InChI is InChI=1S/C12H16ClNO/c1-14(10-6-5-9-13)12(15)11-7-3-2-4-8-11/h2-4,7-8H,5-6,9-10H2,1H3. The van der Waals surface area contributed by atoms with Gasteiger partial charge in [0, 0.05) is 25.0 Å². The topological polar surface area (TPSA) is 20.3 Å². The number of halogens is 1. The van der Waals surface area contributed by atoms with E-state index in [-0.39, 0.29) is 5.91 Å². The van der Waals surface area contributed by atoms with Crippen LogP contribution in [0.2, 0.25) is 0 Å². The molecular formula is C12H16ClNO. The molecule has 0 aliphatic carbocycles. The van der Waals surface area contributed by atoms with Crippen molar-refractivity contribution in [1.82, 2.24) is 4.90 Å². The Labute approximate surface area is 95.8 Å². The molecule has 1 rings (SSSR count). The molecular weight excluding hydrogens is 210 g/mol. The van der Waals surface area contributed by atoms with E-state index in [1.54, 1.807) is 4.90 Å². The summed E-state index contributed by atoms with van der Waals surface area (Å²) in [6, 6.07) is 9.32. The first-order valence-electron chi connectivity index (χ1n) is 5.12. The number of alkyl halides is 1. The minimum absolute atomic E-state index is 0.0742. The summed E-state index contributed by atoms with van der Waals surface area (Å²) >= 11 is 5.58. The van der Waals surface area contributed by atoms with Gasteiger partial charge >= 0.3 is 0 Å². The Morgan fingerprint density at radius 3 is 2.53 bits per heavy atom. The molecule has 0 heterocycles. The quantitative estimate of drug-likeness (QED) is 0.558. The summed E-state index contributed by atoms with van der Waals surface area (Å²) in [5, 5.41) is 0. The van der Waals surface area contributed by atoms with Crippen LogP contribution in [0, 0.1) is 0 Å². The molecule has 0 atom stereocenters. The molecule has 0 bridgehead atoms. The summed E-state index contributed by atoms with van der Waals surface area (Å²) < 4.78 is 0. The van der Waals surface area contributed by atoms with Crippen molar-refractivity contribution in [3.8, 4) is 0 Å². The lowest BCUT2D eigenvalue weighted by Gasteiger charge is -2.16. The Morgan fingerprint density at radius 2 is 1.93 bits per heavy atom. The SMILES string of the molecule is CN(CCCCCl)C(=O)c1ccccc1. The molecule has 1 amide bonds. The maximum Gasteiger partial charge on any atom is 0.253 e. The highest BCUT2D eigenvalue weighted by molar-refractivity contribution is 6.17. The van der Waals surface area contributed by atoms with Gasteiger partial charge in [-0.1, -0.05) is 18.2 Å². The fourth-order valence-electron chi connectivity index (χ4n) is 1.35. The van der Waals surface area contributed by atoms with Gasteiger partial charge in [-0.3, -0.25) is 4.79 Å². The molecule has 0 N–H and O–H groups in total. The third-order valence-corrected chi connectivity index (χ3v) is 2.51. The second-order valence-electron chi connectivity index (χ2n) is 3.49. The number of carbonyl (C=O) groups is 1. The van der Waals surface area contributed by atoms with Crippen molar-refractivity contribution >= 4 is 17.5 Å². The van der Waals surface area contributed by atoms with Gasteiger partial charge < -0.3 is 4.90 Å². The van der Waals surface area contributed by atoms with Gasteiger partial charge in [0.25, 0.3) is 5.91 Å². The van der Waals surface area contributed by atoms with Crippen molar-refractivity contribution in [1.29, 1.82) is 0 Å². The Bertz CT molecular complexity index is 300. The van der Waals surface area contributed by atoms with Gasteiger partial charge in [-0.05, 0) is 25.0 Å². The fraction of sp³-hybridized carbons (Fsp3) is 0.417. The molecule has 1 aromatic carbocycles. The molecule has 0 aliphatic heterocycles. The summed E-state index contributed by atoms with van der Waals surface area (Å²) in [6.07, 6.45) is 1.91. The molecule has 3 heteroatoms. The lowest BCUT2D eigenvalue weighted by atomic mass is 10.2. The maximum absolute atomic E-state index is 11.8. The van der Waals surface area contributed by atoms with E-state index in [4.69, 9.17) is 11.6 Å². The molecule has 0 fully saturated rings. The molecule has 0 radical (unpaired) electrons. The smallest absolute Gasteiger partial charge is 0.253 e. The second kappa shape index (κ2) is 6.46. The molecule has 0 spiro atoms. The van der Waals surface area contributed by atoms with Crippen LogP contribution in [0.3, 0.4) is 0 Å². The fourth-order valence-corrected chi connectivity index (χ4v) is 1.54. The summed E-state index contributed by atoms with van der Waals surface area (Å²) in [4.78, 5) is 13.6. The number of carbonyl (C=O) groups excluding carboxylic acids is 1. The van der Waals surface area contributed by atoms with Crippen molar-refractivity contribution in [2.45, 2.75) is 12.8 Å². The summed E-state index contributed by atoms with van der Waals surface area (Å²) in [6.45, 7) is 0.764.